The quantitative estimate of drug-likeness (QED) is 0.794. The van der Waals surface area contributed by atoms with E-state index >= 15 is 0 Å². The molecule has 0 aromatic carbocycles. The number of aliphatic hydroxyl groups excluding tert-OH is 1. The maximum Gasteiger partial charge on any atom is 0.0940 e. The van der Waals surface area contributed by atoms with E-state index in [0.29, 0.717) is 0 Å². The molecule has 0 aliphatic heterocycles. The Labute approximate surface area is 106 Å². The van der Waals surface area contributed by atoms with E-state index in [1.807, 2.05) is 0 Å². The minimum atomic E-state index is -0.231. The molecule has 17 heavy (non-hydrogen) atoms. The highest BCUT2D eigenvalue weighted by atomic mass is 16.5. The zero-order valence-corrected chi connectivity index (χ0v) is 11.3. The highest BCUT2D eigenvalue weighted by molar-refractivity contribution is 4.92. The van der Waals surface area contributed by atoms with Gasteiger partial charge in [-0.2, -0.15) is 0 Å². The lowest BCUT2D eigenvalue weighted by atomic mass is 9.77. The van der Waals surface area contributed by atoms with Crippen LogP contribution in [0.25, 0.3) is 0 Å². The molecule has 1 unspecified atom stereocenters. The van der Waals surface area contributed by atoms with Gasteiger partial charge in [-0.25, -0.2) is 0 Å². The Bertz CT molecular complexity index is 209. The lowest BCUT2D eigenvalue weighted by molar-refractivity contribution is -0.144. The number of rotatable bonds is 5. The summed E-state index contributed by atoms with van der Waals surface area (Å²) in [6.07, 6.45) is 12.0. The minimum Gasteiger partial charge on any atom is -0.390 e. The normalized spacial score (nSPS) is 27.2. The third kappa shape index (κ3) is 3.23. The molecular weight excluding hydrogens is 212 g/mol. The zero-order chi connectivity index (χ0) is 12.1. The van der Waals surface area contributed by atoms with Crippen molar-refractivity contribution < 1.29 is 9.84 Å². The number of hydrogen-bond donors (Lipinski definition) is 1. The SMILES string of the molecule is CCOC1(C(O)CC2CCCC2)CCCCC1. The lowest BCUT2D eigenvalue weighted by Crippen LogP contribution is -2.47. The van der Waals surface area contributed by atoms with E-state index in [0.717, 1.165) is 31.8 Å². The second-order valence-electron chi connectivity index (χ2n) is 5.96. The average molecular weight is 240 g/mol. The van der Waals surface area contributed by atoms with Crippen LogP contribution < -0.4 is 0 Å². The van der Waals surface area contributed by atoms with Crippen LogP contribution in [0.15, 0.2) is 0 Å². The third-order valence-corrected chi connectivity index (χ3v) is 4.77. The molecule has 100 valence electrons. The van der Waals surface area contributed by atoms with Gasteiger partial charge in [0, 0.05) is 6.61 Å². The van der Waals surface area contributed by atoms with E-state index in [9.17, 15) is 5.11 Å². The van der Waals surface area contributed by atoms with E-state index in [1.54, 1.807) is 0 Å². The Morgan fingerprint density at radius 3 is 2.35 bits per heavy atom. The van der Waals surface area contributed by atoms with Gasteiger partial charge < -0.3 is 9.84 Å². The maximum atomic E-state index is 10.6. The van der Waals surface area contributed by atoms with Gasteiger partial charge in [-0.3, -0.25) is 0 Å². The van der Waals surface area contributed by atoms with E-state index < -0.39 is 0 Å². The molecule has 2 nitrogen and oxygen atoms in total. The Kier molecular flexibility index (Phi) is 4.87. The summed E-state index contributed by atoms with van der Waals surface area (Å²) in [4.78, 5) is 0. The number of ether oxygens (including phenoxy) is 1. The Balaban J connectivity index is 1.93. The first-order valence-electron chi connectivity index (χ1n) is 7.59. The first kappa shape index (κ1) is 13.4. The van der Waals surface area contributed by atoms with Crippen molar-refractivity contribution in [2.45, 2.75) is 82.8 Å². The Morgan fingerprint density at radius 1 is 1.12 bits per heavy atom. The average Bonchev–Trinajstić information content (AvgIpc) is 2.83. The van der Waals surface area contributed by atoms with Gasteiger partial charge in [0.1, 0.15) is 0 Å². The highest BCUT2D eigenvalue weighted by Gasteiger charge is 2.40. The van der Waals surface area contributed by atoms with Crippen LogP contribution in [0.4, 0.5) is 0 Å². The monoisotopic (exact) mass is 240 g/mol. The van der Waals surface area contributed by atoms with Gasteiger partial charge in [-0.1, -0.05) is 44.9 Å². The predicted octanol–water partition coefficient (Wildman–Crippen LogP) is 3.67. The molecule has 2 fully saturated rings. The maximum absolute atomic E-state index is 10.6. The van der Waals surface area contributed by atoms with Crippen molar-refractivity contribution in [1.29, 1.82) is 0 Å². The Hall–Kier alpha value is -0.0800. The van der Waals surface area contributed by atoms with E-state index in [1.165, 1.54) is 44.9 Å². The molecule has 0 amide bonds. The summed E-state index contributed by atoms with van der Waals surface area (Å²) in [5.74, 6) is 0.754. The summed E-state index contributed by atoms with van der Waals surface area (Å²) >= 11 is 0. The molecule has 2 aliphatic rings. The molecule has 0 heterocycles. The van der Waals surface area contributed by atoms with Gasteiger partial charge >= 0.3 is 0 Å². The second kappa shape index (κ2) is 6.19. The zero-order valence-electron chi connectivity index (χ0n) is 11.3. The standard InChI is InChI=1S/C15H28O2/c1-2-17-15(10-6-3-7-11-15)14(16)12-13-8-4-5-9-13/h13-14,16H,2-12H2,1H3. The van der Waals surface area contributed by atoms with Crippen molar-refractivity contribution in [1.82, 2.24) is 0 Å². The van der Waals surface area contributed by atoms with Crippen LogP contribution in [0.3, 0.4) is 0 Å². The van der Waals surface area contributed by atoms with Crippen LogP contribution in [0.5, 0.6) is 0 Å². The first-order valence-corrected chi connectivity index (χ1v) is 7.59. The smallest absolute Gasteiger partial charge is 0.0940 e. The van der Waals surface area contributed by atoms with Crippen molar-refractivity contribution in [3.8, 4) is 0 Å². The summed E-state index contributed by atoms with van der Waals surface area (Å²) in [6, 6.07) is 0. The summed E-state index contributed by atoms with van der Waals surface area (Å²) in [5, 5.41) is 10.6. The van der Waals surface area contributed by atoms with Gasteiger partial charge in [0.25, 0.3) is 0 Å². The predicted molar refractivity (Wildman–Crippen MR) is 70.0 cm³/mol. The molecule has 2 heteroatoms. The van der Waals surface area contributed by atoms with Gasteiger partial charge in [-0.05, 0) is 32.1 Å². The molecule has 1 N–H and O–H groups in total. The van der Waals surface area contributed by atoms with Crippen LogP contribution in [-0.4, -0.2) is 23.4 Å². The minimum absolute atomic E-state index is 0.199. The van der Waals surface area contributed by atoms with Crippen molar-refractivity contribution in [3.05, 3.63) is 0 Å². The van der Waals surface area contributed by atoms with Crippen molar-refractivity contribution in [2.75, 3.05) is 6.61 Å². The summed E-state index contributed by atoms with van der Waals surface area (Å²) in [5.41, 5.74) is -0.199. The fourth-order valence-corrected chi connectivity index (χ4v) is 3.79. The summed E-state index contributed by atoms with van der Waals surface area (Å²) in [7, 11) is 0. The topological polar surface area (TPSA) is 29.5 Å². The highest BCUT2D eigenvalue weighted by Crippen LogP contribution is 2.39. The van der Waals surface area contributed by atoms with Crippen LogP contribution in [0, 0.1) is 5.92 Å². The number of aliphatic hydroxyl groups is 1. The van der Waals surface area contributed by atoms with Gasteiger partial charge in [0.05, 0.1) is 11.7 Å². The molecule has 2 rings (SSSR count). The lowest BCUT2D eigenvalue weighted by Gasteiger charge is -2.41. The molecule has 0 saturated heterocycles. The van der Waals surface area contributed by atoms with Crippen molar-refractivity contribution >= 4 is 0 Å². The molecule has 0 aromatic heterocycles. The van der Waals surface area contributed by atoms with E-state index in [2.05, 4.69) is 6.92 Å². The summed E-state index contributed by atoms with van der Waals surface area (Å²) < 4.78 is 5.99. The van der Waals surface area contributed by atoms with E-state index in [-0.39, 0.29) is 11.7 Å². The van der Waals surface area contributed by atoms with Gasteiger partial charge in [0.2, 0.25) is 0 Å². The summed E-state index contributed by atoms with van der Waals surface area (Å²) in [6.45, 7) is 2.79. The Morgan fingerprint density at radius 2 is 1.76 bits per heavy atom. The molecule has 0 bridgehead atoms. The van der Waals surface area contributed by atoms with Crippen LogP contribution in [-0.2, 0) is 4.74 Å². The molecule has 0 radical (unpaired) electrons. The van der Waals surface area contributed by atoms with E-state index in [4.69, 9.17) is 4.74 Å². The number of hydrogen-bond acceptors (Lipinski definition) is 2. The van der Waals surface area contributed by atoms with Crippen molar-refractivity contribution in [2.24, 2.45) is 5.92 Å². The van der Waals surface area contributed by atoms with Crippen molar-refractivity contribution in [3.63, 3.8) is 0 Å². The van der Waals surface area contributed by atoms with Gasteiger partial charge in [-0.15, -0.1) is 0 Å². The largest absolute Gasteiger partial charge is 0.390 e. The van der Waals surface area contributed by atoms with Gasteiger partial charge in [0.15, 0.2) is 0 Å². The molecule has 0 aromatic rings. The van der Waals surface area contributed by atoms with Crippen LogP contribution in [0.1, 0.15) is 71.1 Å². The first-order chi connectivity index (χ1) is 8.27. The van der Waals surface area contributed by atoms with Crippen LogP contribution >= 0.6 is 0 Å². The molecule has 2 aliphatic carbocycles. The third-order valence-electron chi connectivity index (χ3n) is 4.77. The molecule has 0 spiro atoms. The van der Waals surface area contributed by atoms with Crippen LogP contribution in [0.2, 0.25) is 0 Å². The second-order valence-corrected chi connectivity index (χ2v) is 5.96. The molecule has 2 saturated carbocycles. The fourth-order valence-electron chi connectivity index (χ4n) is 3.79. The fraction of sp³-hybridized carbons (Fsp3) is 1.00. The molecule has 1 atom stereocenters. The molecular formula is C15H28O2.